The summed E-state index contributed by atoms with van der Waals surface area (Å²) in [4.78, 5) is 3.80. The Morgan fingerprint density at radius 3 is 2.44 bits per heavy atom. The average Bonchev–Trinajstić information content (AvgIpc) is 2.55. The topological polar surface area (TPSA) is 128 Å². The van der Waals surface area contributed by atoms with Gasteiger partial charge in [-0.2, -0.15) is 0 Å². The van der Waals surface area contributed by atoms with Gasteiger partial charge in [-0.25, -0.2) is 27.0 Å². The third-order valence-corrected chi connectivity index (χ3v) is 5.78. The van der Waals surface area contributed by atoms with Crippen LogP contribution in [-0.2, 0) is 24.8 Å². The number of methoxy groups -OCH3 is 1. The van der Waals surface area contributed by atoms with Crippen molar-refractivity contribution in [1.82, 2.24) is 4.98 Å². The summed E-state index contributed by atoms with van der Waals surface area (Å²) >= 11 is 0.672. The van der Waals surface area contributed by atoms with Gasteiger partial charge in [0.25, 0.3) is 0 Å². The molecule has 0 fully saturated rings. The largest absolute Gasteiger partial charge is 0.384 e. The van der Waals surface area contributed by atoms with Crippen LogP contribution in [0.1, 0.15) is 5.69 Å². The van der Waals surface area contributed by atoms with Crippen molar-refractivity contribution in [1.29, 1.82) is 0 Å². The molecule has 0 bridgehead atoms. The lowest BCUT2D eigenvalue weighted by molar-refractivity contribution is 0.217. The highest BCUT2D eigenvalue weighted by Crippen LogP contribution is 2.26. The van der Waals surface area contributed by atoms with Crippen LogP contribution in [0.25, 0.3) is 0 Å². The summed E-state index contributed by atoms with van der Waals surface area (Å²) in [5.41, 5.74) is 0.159. The number of sulfonamides is 2. The van der Waals surface area contributed by atoms with Crippen molar-refractivity contribution in [3.63, 3.8) is 0 Å². The molecule has 11 heteroatoms. The van der Waals surface area contributed by atoms with Gasteiger partial charge in [-0.15, -0.1) is 0 Å². The molecule has 0 aliphatic rings. The number of thiazole rings is 1. The Hall–Kier alpha value is -0.750. The molecule has 1 aromatic heterocycles. The molecule has 0 aliphatic heterocycles. The van der Waals surface area contributed by atoms with Crippen molar-refractivity contribution in [3.8, 4) is 0 Å². The Kier molecular flexibility index (Phi) is 4.66. The first-order valence-corrected chi connectivity index (χ1v) is 8.67. The number of primary sulfonamides is 1. The minimum Gasteiger partial charge on any atom is -0.384 e. The van der Waals surface area contributed by atoms with Crippen molar-refractivity contribution in [2.24, 2.45) is 5.14 Å². The summed E-state index contributed by atoms with van der Waals surface area (Å²) in [5.74, 6) is -0.243. The summed E-state index contributed by atoms with van der Waals surface area (Å²) in [6, 6.07) is 0. The minimum absolute atomic E-state index is 0.0295. The normalized spacial score (nSPS) is 12.6. The number of hydrogen-bond acceptors (Lipinski definition) is 7. The van der Waals surface area contributed by atoms with Crippen LogP contribution >= 0.6 is 11.3 Å². The van der Waals surface area contributed by atoms with Crippen LogP contribution in [0, 0.1) is 6.92 Å². The van der Waals surface area contributed by atoms with Gasteiger partial charge < -0.3 is 4.74 Å². The molecule has 0 aromatic carbocycles. The van der Waals surface area contributed by atoms with Crippen LogP contribution in [0.15, 0.2) is 4.21 Å². The SMILES string of the molecule is COCCS(=O)(=O)Nc1nc(C)c(S(N)(=O)=O)s1. The molecule has 8 nitrogen and oxygen atoms in total. The number of nitrogens with two attached hydrogens (primary N) is 1. The fourth-order valence-electron chi connectivity index (χ4n) is 1.07. The second-order valence-corrected chi connectivity index (χ2v) is 7.95. The van der Waals surface area contributed by atoms with Gasteiger partial charge >= 0.3 is 0 Å². The van der Waals surface area contributed by atoms with E-state index in [0.29, 0.717) is 11.3 Å². The number of hydrogen-bond donors (Lipinski definition) is 2. The molecule has 0 amide bonds. The maximum Gasteiger partial charge on any atom is 0.249 e. The molecule has 3 N–H and O–H groups in total. The molecule has 1 rings (SSSR count). The number of rotatable bonds is 6. The molecule has 1 aromatic rings. The summed E-state index contributed by atoms with van der Waals surface area (Å²) in [6.45, 7) is 1.46. The number of aryl methyl sites for hydroxylation is 1. The fraction of sp³-hybridized carbons (Fsp3) is 0.571. The van der Waals surface area contributed by atoms with Crippen molar-refractivity contribution in [3.05, 3.63) is 5.69 Å². The van der Waals surface area contributed by atoms with E-state index in [1.807, 2.05) is 0 Å². The Balaban J connectivity index is 2.94. The van der Waals surface area contributed by atoms with Gasteiger partial charge in [-0.1, -0.05) is 11.3 Å². The molecule has 1 heterocycles. The molecular weight excluding hydrogens is 302 g/mol. The summed E-state index contributed by atoms with van der Waals surface area (Å²) in [6.07, 6.45) is 0. The van der Waals surface area contributed by atoms with Gasteiger partial charge in [0.2, 0.25) is 20.0 Å². The van der Waals surface area contributed by atoms with Crippen LogP contribution < -0.4 is 9.86 Å². The number of anilines is 1. The molecule has 104 valence electrons. The third-order valence-electron chi connectivity index (χ3n) is 1.81. The number of aromatic nitrogens is 1. The highest BCUT2D eigenvalue weighted by atomic mass is 32.2. The molecule has 18 heavy (non-hydrogen) atoms. The van der Waals surface area contributed by atoms with Crippen molar-refractivity contribution in [2.75, 3.05) is 24.2 Å². The van der Waals surface area contributed by atoms with Crippen LogP contribution in [0.3, 0.4) is 0 Å². The standard InChI is InChI=1S/C7H13N3O5S3/c1-5-6(18(8,13)14)16-7(9-5)10-17(11,12)4-3-15-2/h3-4H2,1-2H3,(H,9,10)(H2,8,13,14). The lowest BCUT2D eigenvalue weighted by Gasteiger charge is -2.03. The predicted octanol–water partition coefficient (Wildman–Crippen LogP) is -0.513. The van der Waals surface area contributed by atoms with Crippen LogP contribution in [-0.4, -0.2) is 41.3 Å². The first-order valence-electron chi connectivity index (χ1n) is 4.65. The molecule has 0 atom stereocenters. The average molecular weight is 315 g/mol. The van der Waals surface area contributed by atoms with E-state index >= 15 is 0 Å². The van der Waals surface area contributed by atoms with Crippen LogP contribution in [0.4, 0.5) is 5.13 Å². The summed E-state index contributed by atoms with van der Waals surface area (Å²) in [5, 5.41) is 4.93. The maximum absolute atomic E-state index is 11.5. The van der Waals surface area contributed by atoms with Gasteiger partial charge in [0.15, 0.2) is 9.34 Å². The molecule has 0 saturated carbocycles. The Morgan fingerprint density at radius 2 is 2.00 bits per heavy atom. The van der Waals surface area contributed by atoms with Crippen molar-refractivity contribution in [2.45, 2.75) is 11.1 Å². The molecule has 0 spiro atoms. The zero-order valence-corrected chi connectivity index (χ0v) is 12.2. The first kappa shape index (κ1) is 15.3. The van der Waals surface area contributed by atoms with Crippen molar-refractivity contribution >= 4 is 36.5 Å². The minimum atomic E-state index is -3.89. The highest BCUT2D eigenvalue weighted by molar-refractivity contribution is 7.93. The molecular formula is C7H13N3O5S3. The fourth-order valence-corrected chi connectivity index (χ4v) is 4.12. The first-order chi connectivity index (χ1) is 8.15. The van der Waals surface area contributed by atoms with Crippen molar-refractivity contribution < 1.29 is 21.6 Å². The monoisotopic (exact) mass is 315 g/mol. The molecule has 0 unspecified atom stereocenters. The lowest BCUT2D eigenvalue weighted by atomic mass is 10.6. The van der Waals surface area contributed by atoms with Crippen LogP contribution in [0.5, 0.6) is 0 Å². The van der Waals surface area contributed by atoms with E-state index < -0.39 is 20.0 Å². The zero-order valence-electron chi connectivity index (χ0n) is 9.70. The summed E-state index contributed by atoms with van der Waals surface area (Å²) < 4.78 is 52.0. The molecule has 0 saturated heterocycles. The smallest absolute Gasteiger partial charge is 0.249 e. The van der Waals surface area contributed by atoms with E-state index in [0.717, 1.165) is 0 Å². The predicted molar refractivity (Wildman–Crippen MR) is 67.5 cm³/mol. The number of nitrogens with one attached hydrogen (secondary N) is 1. The third kappa shape index (κ3) is 4.17. The van der Waals surface area contributed by atoms with E-state index in [2.05, 4.69) is 14.4 Å². The lowest BCUT2D eigenvalue weighted by Crippen LogP contribution is -2.19. The Morgan fingerprint density at radius 1 is 1.39 bits per heavy atom. The molecule has 0 radical (unpaired) electrons. The maximum atomic E-state index is 11.5. The highest BCUT2D eigenvalue weighted by Gasteiger charge is 2.20. The van der Waals surface area contributed by atoms with E-state index in [9.17, 15) is 16.8 Å². The van der Waals surface area contributed by atoms with Gasteiger partial charge in [0.1, 0.15) is 0 Å². The van der Waals surface area contributed by atoms with E-state index in [-0.39, 0.29) is 27.4 Å². The second-order valence-electron chi connectivity index (χ2n) is 3.35. The van der Waals surface area contributed by atoms with Gasteiger partial charge in [-0.3, -0.25) is 4.72 Å². The van der Waals surface area contributed by atoms with E-state index in [4.69, 9.17) is 5.14 Å². The van der Waals surface area contributed by atoms with Gasteiger partial charge in [0, 0.05) is 7.11 Å². The quantitative estimate of drug-likeness (QED) is 0.727. The summed E-state index contributed by atoms with van der Waals surface area (Å²) in [7, 11) is -6.12. The van der Waals surface area contributed by atoms with Crippen LogP contribution in [0.2, 0.25) is 0 Å². The number of nitrogens with zero attached hydrogens (tertiary/aromatic N) is 1. The Bertz CT molecular complexity index is 619. The van der Waals surface area contributed by atoms with E-state index in [1.165, 1.54) is 14.0 Å². The zero-order chi connectivity index (χ0) is 14.0. The molecule has 0 aliphatic carbocycles. The second kappa shape index (κ2) is 5.48. The Labute approximate surface area is 109 Å². The van der Waals surface area contributed by atoms with E-state index in [1.54, 1.807) is 0 Å². The van der Waals surface area contributed by atoms with Gasteiger partial charge in [-0.05, 0) is 6.92 Å². The van der Waals surface area contributed by atoms with Gasteiger partial charge in [0.05, 0.1) is 18.1 Å². The number of ether oxygens (including phenoxy) is 1.